The maximum atomic E-state index is 5.79. The van der Waals surface area contributed by atoms with Crippen molar-refractivity contribution < 1.29 is 4.42 Å². The van der Waals surface area contributed by atoms with Crippen molar-refractivity contribution in [2.75, 3.05) is 11.9 Å². The van der Waals surface area contributed by atoms with Gasteiger partial charge in [0.25, 0.3) is 0 Å². The van der Waals surface area contributed by atoms with E-state index in [-0.39, 0.29) is 0 Å². The van der Waals surface area contributed by atoms with Crippen LogP contribution in [0.15, 0.2) is 28.9 Å². The molecule has 0 spiro atoms. The smallest absolute Gasteiger partial charge is 0.134 e. The van der Waals surface area contributed by atoms with Crippen molar-refractivity contribution in [2.24, 2.45) is 0 Å². The van der Waals surface area contributed by atoms with E-state index in [4.69, 9.17) is 16.0 Å². The Balaban J connectivity index is 2.11. The zero-order valence-corrected chi connectivity index (χ0v) is 9.90. The van der Waals surface area contributed by atoms with E-state index in [1.807, 2.05) is 31.0 Å². The third-order valence-corrected chi connectivity index (χ3v) is 2.41. The minimum absolute atomic E-state index is 0.437. The highest BCUT2D eigenvalue weighted by Gasteiger charge is 2.06. The lowest BCUT2D eigenvalue weighted by molar-refractivity contribution is 0.481. The average molecular weight is 238 g/mol. The Morgan fingerprint density at radius 3 is 2.81 bits per heavy atom. The summed E-state index contributed by atoms with van der Waals surface area (Å²) in [6, 6.07) is 5.61. The molecule has 0 atom stereocenters. The van der Waals surface area contributed by atoms with Crippen molar-refractivity contribution >= 4 is 17.4 Å². The second-order valence-corrected chi connectivity index (χ2v) is 3.95. The summed E-state index contributed by atoms with van der Waals surface area (Å²) in [5.41, 5.74) is 0. The minimum atomic E-state index is 0.437. The molecule has 0 aromatic carbocycles. The monoisotopic (exact) mass is 237 g/mol. The van der Waals surface area contributed by atoms with E-state index in [9.17, 15) is 0 Å². The number of aromatic nitrogens is 2. The first kappa shape index (κ1) is 11.0. The third-order valence-electron chi connectivity index (χ3n) is 2.20. The van der Waals surface area contributed by atoms with Crippen molar-refractivity contribution in [1.29, 1.82) is 0 Å². The van der Waals surface area contributed by atoms with Gasteiger partial charge in [-0.25, -0.2) is 9.97 Å². The molecule has 0 amide bonds. The van der Waals surface area contributed by atoms with Crippen LogP contribution in [0.1, 0.15) is 11.5 Å². The third kappa shape index (κ3) is 2.52. The molecule has 0 fully saturated rings. The van der Waals surface area contributed by atoms with Crippen LogP contribution in [0.2, 0.25) is 5.15 Å². The molecule has 2 aromatic heterocycles. The number of rotatable bonds is 3. The molecule has 0 radical (unpaired) electrons. The summed E-state index contributed by atoms with van der Waals surface area (Å²) >= 11 is 5.79. The highest BCUT2D eigenvalue weighted by Crippen LogP contribution is 2.16. The summed E-state index contributed by atoms with van der Waals surface area (Å²) < 4.78 is 5.49. The highest BCUT2D eigenvalue weighted by molar-refractivity contribution is 6.29. The van der Waals surface area contributed by atoms with Gasteiger partial charge in [0, 0.05) is 13.1 Å². The number of nitrogens with zero attached hydrogens (tertiary/aromatic N) is 3. The molecule has 0 aliphatic rings. The second kappa shape index (κ2) is 4.53. The maximum Gasteiger partial charge on any atom is 0.134 e. The zero-order chi connectivity index (χ0) is 11.5. The van der Waals surface area contributed by atoms with Crippen molar-refractivity contribution in [1.82, 2.24) is 9.97 Å². The van der Waals surface area contributed by atoms with Crippen LogP contribution < -0.4 is 4.90 Å². The molecule has 0 aliphatic carbocycles. The van der Waals surface area contributed by atoms with Crippen LogP contribution in [0.5, 0.6) is 0 Å². The Hall–Kier alpha value is -1.55. The van der Waals surface area contributed by atoms with Crippen molar-refractivity contribution in [3.05, 3.63) is 41.2 Å². The van der Waals surface area contributed by atoms with Crippen LogP contribution in [0, 0.1) is 6.92 Å². The van der Waals surface area contributed by atoms with Gasteiger partial charge in [0.1, 0.15) is 28.8 Å². The summed E-state index contributed by atoms with van der Waals surface area (Å²) in [6.07, 6.45) is 1.45. The number of aryl methyl sites for hydroxylation is 1. The lowest BCUT2D eigenvalue weighted by atomic mass is 10.4. The summed E-state index contributed by atoms with van der Waals surface area (Å²) in [6.45, 7) is 2.58. The standard InChI is InChI=1S/C11H12ClN3O/c1-8-3-4-9(16-8)6-15(2)11-5-10(12)13-7-14-11/h3-5,7H,6H2,1-2H3. The van der Waals surface area contributed by atoms with Gasteiger partial charge >= 0.3 is 0 Å². The lowest BCUT2D eigenvalue weighted by Crippen LogP contribution is -2.17. The van der Waals surface area contributed by atoms with Crippen LogP contribution in [0.3, 0.4) is 0 Å². The molecule has 4 nitrogen and oxygen atoms in total. The summed E-state index contributed by atoms with van der Waals surface area (Å²) in [5, 5.41) is 0.437. The Bertz CT molecular complexity index is 484. The average Bonchev–Trinajstić information content (AvgIpc) is 2.64. The molecule has 0 saturated carbocycles. The summed E-state index contributed by atoms with van der Waals surface area (Å²) in [4.78, 5) is 9.92. The van der Waals surface area contributed by atoms with Gasteiger partial charge in [0.2, 0.25) is 0 Å². The van der Waals surface area contributed by atoms with Gasteiger partial charge in [0.15, 0.2) is 0 Å². The molecule has 84 valence electrons. The molecule has 0 aliphatic heterocycles. The topological polar surface area (TPSA) is 42.2 Å². The van der Waals surface area contributed by atoms with E-state index in [0.29, 0.717) is 11.7 Å². The first-order valence-electron chi connectivity index (χ1n) is 4.89. The van der Waals surface area contributed by atoms with Crippen molar-refractivity contribution in [2.45, 2.75) is 13.5 Å². The summed E-state index contributed by atoms with van der Waals surface area (Å²) in [7, 11) is 1.93. The molecule has 2 rings (SSSR count). The van der Waals surface area contributed by atoms with Gasteiger partial charge in [-0.1, -0.05) is 11.6 Å². The Kier molecular flexibility index (Phi) is 3.10. The molecule has 0 N–H and O–H groups in total. The van der Waals surface area contributed by atoms with E-state index in [1.54, 1.807) is 6.07 Å². The fourth-order valence-corrected chi connectivity index (χ4v) is 1.56. The van der Waals surface area contributed by atoms with Gasteiger partial charge in [-0.2, -0.15) is 0 Å². The van der Waals surface area contributed by atoms with Crippen LogP contribution in [0.4, 0.5) is 5.82 Å². The lowest BCUT2D eigenvalue weighted by Gasteiger charge is -2.16. The number of hydrogen-bond donors (Lipinski definition) is 0. The molecule has 0 saturated heterocycles. The van der Waals surface area contributed by atoms with Gasteiger partial charge in [-0.3, -0.25) is 0 Å². The number of anilines is 1. The zero-order valence-electron chi connectivity index (χ0n) is 9.14. The molecule has 0 unspecified atom stereocenters. The molecule has 0 bridgehead atoms. The van der Waals surface area contributed by atoms with Gasteiger partial charge in [-0.05, 0) is 19.1 Å². The van der Waals surface area contributed by atoms with E-state index >= 15 is 0 Å². The largest absolute Gasteiger partial charge is 0.464 e. The van der Waals surface area contributed by atoms with E-state index < -0.39 is 0 Å². The van der Waals surface area contributed by atoms with Crippen LogP contribution in [-0.4, -0.2) is 17.0 Å². The number of hydrogen-bond acceptors (Lipinski definition) is 4. The molecule has 5 heteroatoms. The molecule has 2 heterocycles. The fraction of sp³-hybridized carbons (Fsp3) is 0.273. The van der Waals surface area contributed by atoms with Crippen LogP contribution in [-0.2, 0) is 6.54 Å². The number of furan rings is 1. The van der Waals surface area contributed by atoms with Gasteiger partial charge < -0.3 is 9.32 Å². The van der Waals surface area contributed by atoms with E-state index in [0.717, 1.165) is 17.3 Å². The predicted octanol–water partition coefficient (Wildman–Crippen LogP) is 2.67. The number of halogens is 1. The predicted molar refractivity (Wildman–Crippen MR) is 62.6 cm³/mol. The van der Waals surface area contributed by atoms with Gasteiger partial charge in [0.05, 0.1) is 6.54 Å². The van der Waals surface area contributed by atoms with Gasteiger partial charge in [-0.15, -0.1) is 0 Å². The first-order chi connectivity index (χ1) is 7.65. The first-order valence-corrected chi connectivity index (χ1v) is 5.27. The molecular weight excluding hydrogens is 226 g/mol. The van der Waals surface area contributed by atoms with Crippen LogP contribution in [0.25, 0.3) is 0 Å². The SMILES string of the molecule is Cc1ccc(CN(C)c2cc(Cl)ncn2)o1. The second-order valence-electron chi connectivity index (χ2n) is 3.57. The fourth-order valence-electron chi connectivity index (χ4n) is 1.42. The minimum Gasteiger partial charge on any atom is -0.464 e. The van der Waals surface area contributed by atoms with Crippen LogP contribution >= 0.6 is 11.6 Å². The Morgan fingerprint density at radius 2 is 2.19 bits per heavy atom. The molecule has 2 aromatic rings. The van der Waals surface area contributed by atoms with E-state index in [2.05, 4.69) is 9.97 Å². The molecule has 16 heavy (non-hydrogen) atoms. The Labute approximate surface area is 98.9 Å². The summed E-state index contributed by atoms with van der Waals surface area (Å²) in [5.74, 6) is 2.58. The normalized spacial score (nSPS) is 10.4. The Morgan fingerprint density at radius 1 is 1.38 bits per heavy atom. The van der Waals surface area contributed by atoms with Crippen molar-refractivity contribution in [3.8, 4) is 0 Å². The maximum absolute atomic E-state index is 5.79. The quantitative estimate of drug-likeness (QED) is 0.770. The van der Waals surface area contributed by atoms with Crippen molar-refractivity contribution in [3.63, 3.8) is 0 Å². The van der Waals surface area contributed by atoms with E-state index in [1.165, 1.54) is 6.33 Å². The molecular formula is C11H12ClN3O. The highest BCUT2D eigenvalue weighted by atomic mass is 35.5.